The van der Waals surface area contributed by atoms with E-state index in [1.54, 1.807) is 4.68 Å². The number of carbonyl (C=O) groups is 1. The van der Waals surface area contributed by atoms with Gasteiger partial charge in [-0.1, -0.05) is 5.21 Å². The quantitative estimate of drug-likeness (QED) is 0.730. The highest BCUT2D eigenvalue weighted by Gasteiger charge is 2.19. The lowest BCUT2D eigenvalue weighted by Gasteiger charge is -2.05. The van der Waals surface area contributed by atoms with Crippen molar-refractivity contribution >= 4 is 17.6 Å². The summed E-state index contributed by atoms with van der Waals surface area (Å²) < 4.78 is 11.9. The van der Waals surface area contributed by atoms with E-state index in [0.29, 0.717) is 24.5 Å². The van der Waals surface area contributed by atoms with Crippen molar-refractivity contribution in [2.45, 2.75) is 40.8 Å². The molecule has 1 N–H and O–H groups in total. The average molecular weight is 360 g/mol. The highest BCUT2D eigenvalue weighted by Crippen LogP contribution is 2.13. The molecular weight excluding hydrogens is 340 g/mol. The fourth-order valence-electron chi connectivity index (χ4n) is 2.58. The van der Waals surface area contributed by atoms with Crippen LogP contribution in [0.1, 0.15) is 44.5 Å². The lowest BCUT2D eigenvalue weighted by atomic mass is 10.2. The van der Waals surface area contributed by atoms with Gasteiger partial charge in [0.15, 0.2) is 5.69 Å². The summed E-state index contributed by atoms with van der Waals surface area (Å²) in [4.78, 5) is 12.5. The number of amides is 1. The monoisotopic (exact) mass is 360 g/mol. The summed E-state index contributed by atoms with van der Waals surface area (Å²) >= 11 is 1.17. The van der Waals surface area contributed by atoms with Crippen LogP contribution in [0.2, 0.25) is 0 Å². The van der Waals surface area contributed by atoms with Crippen molar-refractivity contribution < 1.29 is 4.79 Å². The molecule has 3 rings (SSSR count). The molecule has 1 amide bonds. The van der Waals surface area contributed by atoms with Gasteiger partial charge in [-0.05, 0) is 27.7 Å². The van der Waals surface area contributed by atoms with Crippen molar-refractivity contribution in [3.8, 4) is 0 Å². The summed E-state index contributed by atoms with van der Waals surface area (Å²) in [6.07, 6.45) is 0. The number of hydrogen-bond donors (Lipinski definition) is 1. The maximum atomic E-state index is 12.5. The summed E-state index contributed by atoms with van der Waals surface area (Å²) in [7, 11) is 1.89. The van der Waals surface area contributed by atoms with Crippen molar-refractivity contribution in [1.29, 1.82) is 0 Å². The van der Waals surface area contributed by atoms with E-state index in [9.17, 15) is 4.79 Å². The molecule has 0 aromatic carbocycles. The highest BCUT2D eigenvalue weighted by atomic mass is 32.1. The van der Waals surface area contributed by atoms with Gasteiger partial charge in [0.1, 0.15) is 0 Å². The summed E-state index contributed by atoms with van der Waals surface area (Å²) in [5, 5.41) is 15.4. The summed E-state index contributed by atoms with van der Waals surface area (Å²) in [5.74, 6) is -0.250. The number of hydrogen-bond acceptors (Lipinski definition) is 7. The second kappa shape index (κ2) is 6.71. The molecule has 0 unspecified atom stereocenters. The van der Waals surface area contributed by atoms with Crippen LogP contribution in [0.5, 0.6) is 0 Å². The average Bonchev–Trinajstić information content (AvgIpc) is 3.20. The maximum absolute atomic E-state index is 12.5. The number of carbonyl (C=O) groups excluding carboxylic acids is 1. The first-order chi connectivity index (χ1) is 11.9. The molecule has 132 valence electrons. The molecule has 0 aliphatic carbocycles. The number of nitrogens with zero attached hydrogens (tertiary/aromatic N) is 7. The number of nitrogens with one attached hydrogen (secondary N) is 1. The van der Waals surface area contributed by atoms with E-state index in [1.807, 2.05) is 39.4 Å². The van der Waals surface area contributed by atoms with E-state index in [1.165, 1.54) is 11.7 Å². The summed E-state index contributed by atoms with van der Waals surface area (Å²) in [5.41, 5.74) is 5.69. The predicted molar refractivity (Wildman–Crippen MR) is 92.4 cm³/mol. The minimum Gasteiger partial charge on any atom is -0.346 e. The van der Waals surface area contributed by atoms with Gasteiger partial charge < -0.3 is 5.32 Å². The van der Waals surface area contributed by atoms with Crippen molar-refractivity contribution in [2.75, 3.05) is 0 Å². The smallest absolute Gasteiger partial charge is 0.274 e. The zero-order valence-electron chi connectivity index (χ0n) is 14.9. The van der Waals surface area contributed by atoms with Gasteiger partial charge in [-0.15, -0.1) is 5.10 Å². The van der Waals surface area contributed by atoms with Gasteiger partial charge >= 0.3 is 0 Å². The normalized spacial score (nSPS) is 11.1. The Kier molecular flexibility index (Phi) is 4.62. The molecule has 0 saturated carbocycles. The van der Waals surface area contributed by atoms with Crippen molar-refractivity contribution in [1.82, 2.24) is 38.8 Å². The minimum absolute atomic E-state index is 0.250. The van der Waals surface area contributed by atoms with Crippen molar-refractivity contribution in [3.05, 3.63) is 39.7 Å². The Hall–Kier alpha value is -2.62. The molecule has 9 nitrogen and oxygen atoms in total. The zero-order valence-corrected chi connectivity index (χ0v) is 15.7. The largest absolute Gasteiger partial charge is 0.346 e. The summed E-state index contributed by atoms with van der Waals surface area (Å²) in [6, 6.07) is 0. The van der Waals surface area contributed by atoms with E-state index >= 15 is 0 Å². The third kappa shape index (κ3) is 3.29. The highest BCUT2D eigenvalue weighted by molar-refractivity contribution is 6.99. The zero-order chi connectivity index (χ0) is 18.1. The Morgan fingerprint density at radius 3 is 2.48 bits per heavy atom. The van der Waals surface area contributed by atoms with Crippen molar-refractivity contribution in [3.63, 3.8) is 0 Å². The molecule has 0 saturated heterocycles. The molecule has 25 heavy (non-hydrogen) atoms. The summed E-state index contributed by atoms with van der Waals surface area (Å²) in [6.45, 7) is 8.50. The standard InChI is InChI=1S/C15H20N8OS/c1-8-12(10(3)22(5)18-8)6-16-15(24)14-11(4)23(21-17-14)7-13-9(2)19-25-20-13/h6-7H2,1-5H3,(H,16,24). The second-order valence-corrected chi connectivity index (χ2v) is 6.46. The van der Waals surface area contributed by atoms with Gasteiger partial charge in [0, 0.05) is 24.8 Å². The van der Waals surface area contributed by atoms with Crippen LogP contribution in [0.25, 0.3) is 0 Å². The van der Waals surface area contributed by atoms with E-state index in [0.717, 1.165) is 28.3 Å². The minimum atomic E-state index is -0.250. The van der Waals surface area contributed by atoms with Crippen LogP contribution in [0.3, 0.4) is 0 Å². The van der Waals surface area contributed by atoms with Crippen LogP contribution >= 0.6 is 11.7 Å². The molecule has 0 bridgehead atoms. The third-order valence-electron chi connectivity index (χ3n) is 4.33. The fourth-order valence-corrected chi connectivity index (χ4v) is 3.14. The van der Waals surface area contributed by atoms with Gasteiger partial charge in [0.2, 0.25) is 0 Å². The first-order valence-electron chi connectivity index (χ1n) is 7.84. The fraction of sp³-hybridized carbons (Fsp3) is 0.467. The van der Waals surface area contributed by atoms with Crippen LogP contribution < -0.4 is 5.32 Å². The first-order valence-corrected chi connectivity index (χ1v) is 8.57. The Morgan fingerprint density at radius 2 is 1.88 bits per heavy atom. The molecule has 0 fully saturated rings. The van der Waals surface area contributed by atoms with Crippen LogP contribution in [-0.2, 0) is 20.1 Å². The third-order valence-corrected chi connectivity index (χ3v) is 4.99. The molecule has 0 aliphatic rings. The second-order valence-electron chi connectivity index (χ2n) is 5.93. The molecule has 3 heterocycles. The molecule has 0 radical (unpaired) electrons. The van der Waals surface area contributed by atoms with E-state index in [2.05, 4.69) is 29.5 Å². The lowest BCUT2D eigenvalue weighted by Crippen LogP contribution is -2.24. The van der Waals surface area contributed by atoms with Gasteiger partial charge in [0.05, 0.1) is 41.0 Å². The van der Waals surface area contributed by atoms with Crippen LogP contribution in [0.15, 0.2) is 0 Å². The predicted octanol–water partition coefficient (Wildman–Crippen LogP) is 1.08. The van der Waals surface area contributed by atoms with Crippen LogP contribution in [0.4, 0.5) is 0 Å². The van der Waals surface area contributed by atoms with Gasteiger partial charge in [-0.25, -0.2) is 4.68 Å². The number of aromatic nitrogens is 7. The van der Waals surface area contributed by atoms with E-state index in [-0.39, 0.29) is 5.91 Å². The van der Waals surface area contributed by atoms with Gasteiger partial charge in [0.25, 0.3) is 5.91 Å². The lowest BCUT2D eigenvalue weighted by molar-refractivity contribution is 0.0945. The SMILES string of the molecule is Cc1nsnc1Cn1nnc(C(=O)NCc2c(C)nn(C)c2C)c1C. The molecular formula is C15H20N8OS. The Balaban J connectivity index is 1.72. The van der Waals surface area contributed by atoms with Gasteiger partial charge in [-0.3, -0.25) is 9.48 Å². The Bertz CT molecular complexity index is 922. The first kappa shape index (κ1) is 17.2. The maximum Gasteiger partial charge on any atom is 0.274 e. The van der Waals surface area contributed by atoms with Crippen LogP contribution in [0, 0.1) is 27.7 Å². The molecule has 3 aromatic rings. The Morgan fingerprint density at radius 1 is 1.12 bits per heavy atom. The van der Waals surface area contributed by atoms with Crippen molar-refractivity contribution in [2.24, 2.45) is 7.05 Å². The Labute approximate surface area is 149 Å². The number of rotatable bonds is 5. The molecule has 3 aromatic heterocycles. The molecule has 0 atom stereocenters. The van der Waals surface area contributed by atoms with Gasteiger partial charge in [-0.2, -0.15) is 13.8 Å². The molecule has 0 spiro atoms. The van der Waals surface area contributed by atoms with E-state index in [4.69, 9.17) is 0 Å². The number of aryl methyl sites for hydroxylation is 3. The molecule has 10 heteroatoms. The van der Waals surface area contributed by atoms with E-state index < -0.39 is 0 Å². The molecule has 0 aliphatic heterocycles. The van der Waals surface area contributed by atoms with Crippen LogP contribution in [-0.4, -0.2) is 39.4 Å². The topological polar surface area (TPSA) is 103 Å².